The van der Waals surface area contributed by atoms with Crippen LogP contribution in [0.2, 0.25) is 0 Å². The van der Waals surface area contributed by atoms with Crippen LogP contribution in [0.4, 0.5) is 23.2 Å². The van der Waals surface area contributed by atoms with Crippen molar-refractivity contribution in [2.24, 2.45) is 0 Å². The number of halogens is 4. The van der Waals surface area contributed by atoms with Gasteiger partial charge in [-0.2, -0.15) is 13.2 Å². The Morgan fingerprint density at radius 2 is 2.00 bits per heavy atom. The Kier molecular flexibility index (Phi) is 4.87. The Morgan fingerprint density at radius 3 is 2.68 bits per heavy atom. The summed E-state index contributed by atoms with van der Waals surface area (Å²) in [5.41, 5.74) is -1.02. The first-order valence-corrected chi connectivity index (χ1v) is 8.74. The van der Waals surface area contributed by atoms with Crippen LogP contribution >= 0.6 is 22.7 Å². The number of thiazole rings is 1. The Morgan fingerprint density at radius 1 is 1.20 bits per heavy atom. The number of hydrogen-bond acceptors (Lipinski definition) is 4. The average molecular weight is 386 g/mol. The molecule has 3 rings (SSSR count). The maximum Gasteiger partial charge on any atom is 0.419 e. The van der Waals surface area contributed by atoms with Crippen LogP contribution in [-0.2, 0) is 17.4 Å². The predicted molar refractivity (Wildman–Crippen MR) is 89.2 cm³/mol. The van der Waals surface area contributed by atoms with E-state index < -0.39 is 23.5 Å². The molecule has 1 amide bonds. The zero-order valence-electron chi connectivity index (χ0n) is 12.4. The second-order valence-corrected chi connectivity index (χ2v) is 6.84. The topological polar surface area (TPSA) is 42.0 Å². The number of nitrogens with zero attached hydrogens (tertiary/aromatic N) is 1. The highest BCUT2D eigenvalue weighted by atomic mass is 32.1. The zero-order chi connectivity index (χ0) is 18.0. The summed E-state index contributed by atoms with van der Waals surface area (Å²) < 4.78 is 51.3. The standard InChI is InChI=1S/C16H10F4N2OS2/c17-12-4-3-9(6-11(12)16(18,19)20)21-14(23)7-10-8-25-15(22-10)13-2-1-5-24-13/h1-6,8H,7H2,(H,21,23). The van der Waals surface area contributed by atoms with E-state index in [0.717, 1.165) is 16.0 Å². The maximum atomic E-state index is 13.2. The van der Waals surface area contributed by atoms with Gasteiger partial charge < -0.3 is 5.32 Å². The van der Waals surface area contributed by atoms with Crippen LogP contribution in [0.5, 0.6) is 0 Å². The predicted octanol–water partition coefficient (Wildman–Crippen LogP) is 5.21. The first-order chi connectivity index (χ1) is 11.8. The van der Waals surface area contributed by atoms with Gasteiger partial charge in [0.25, 0.3) is 0 Å². The number of carbonyl (C=O) groups is 1. The zero-order valence-corrected chi connectivity index (χ0v) is 14.1. The number of thiophene rings is 1. The Bertz CT molecular complexity index is 888. The molecular weight excluding hydrogens is 376 g/mol. The summed E-state index contributed by atoms with van der Waals surface area (Å²) in [5.74, 6) is -1.91. The lowest BCUT2D eigenvalue weighted by molar-refractivity contribution is -0.140. The lowest BCUT2D eigenvalue weighted by Crippen LogP contribution is -2.16. The number of benzene rings is 1. The van der Waals surface area contributed by atoms with Crippen molar-refractivity contribution in [3.05, 3.63) is 58.2 Å². The molecule has 0 aliphatic heterocycles. The summed E-state index contributed by atoms with van der Waals surface area (Å²) in [4.78, 5) is 17.3. The van der Waals surface area contributed by atoms with Gasteiger partial charge in [-0.15, -0.1) is 22.7 Å². The highest BCUT2D eigenvalue weighted by Gasteiger charge is 2.34. The second-order valence-electron chi connectivity index (χ2n) is 5.04. The van der Waals surface area contributed by atoms with Crippen molar-refractivity contribution in [2.75, 3.05) is 5.32 Å². The SMILES string of the molecule is O=C(Cc1csc(-c2cccs2)n1)Nc1ccc(F)c(C(F)(F)F)c1. The normalized spacial score (nSPS) is 11.5. The lowest BCUT2D eigenvalue weighted by atomic mass is 10.1. The van der Waals surface area contributed by atoms with Crippen LogP contribution in [0, 0.1) is 5.82 Å². The van der Waals surface area contributed by atoms with E-state index in [-0.39, 0.29) is 12.1 Å². The van der Waals surface area contributed by atoms with E-state index in [9.17, 15) is 22.4 Å². The smallest absolute Gasteiger partial charge is 0.326 e. The molecule has 0 aliphatic rings. The fraction of sp³-hybridized carbons (Fsp3) is 0.125. The van der Waals surface area contributed by atoms with Crippen molar-refractivity contribution < 1.29 is 22.4 Å². The minimum atomic E-state index is -4.82. The molecule has 0 radical (unpaired) electrons. The van der Waals surface area contributed by atoms with Gasteiger partial charge in [0, 0.05) is 11.1 Å². The van der Waals surface area contributed by atoms with Crippen molar-refractivity contribution in [3.8, 4) is 9.88 Å². The fourth-order valence-electron chi connectivity index (χ4n) is 2.09. The van der Waals surface area contributed by atoms with E-state index in [1.54, 1.807) is 5.38 Å². The molecule has 0 aliphatic carbocycles. The van der Waals surface area contributed by atoms with Crippen LogP contribution in [0.15, 0.2) is 41.1 Å². The number of hydrogen-bond donors (Lipinski definition) is 1. The molecule has 0 fully saturated rings. The quantitative estimate of drug-likeness (QED) is 0.626. The molecule has 130 valence electrons. The molecule has 0 saturated heterocycles. The van der Waals surface area contributed by atoms with Gasteiger partial charge in [-0.3, -0.25) is 4.79 Å². The summed E-state index contributed by atoms with van der Waals surface area (Å²) in [5, 5.41) is 6.75. The number of amides is 1. The molecule has 2 heterocycles. The molecule has 1 aromatic carbocycles. The van der Waals surface area contributed by atoms with E-state index in [1.807, 2.05) is 17.5 Å². The fourth-order valence-corrected chi connectivity index (χ4v) is 3.73. The Labute approximate surface area is 148 Å². The van der Waals surface area contributed by atoms with Gasteiger partial charge in [-0.05, 0) is 29.6 Å². The summed E-state index contributed by atoms with van der Waals surface area (Å²) in [6.07, 6.45) is -4.91. The molecule has 25 heavy (non-hydrogen) atoms. The van der Waals surface area contributed by atoms with Gasteiger partial charge in [-0.25, -0.2) is 9.37 Å². The van der Waals surface area contributed by atoms with Crippen LogP contribution in [0.3, 0.4) is 0 Å². The minimum absolute atomic E-state index is 0.0827. The van der Waals surface area contributed by atoms with E-state index in [4.69, 9.17) is 0 Å². The summed E-state index contributed by atoms with van der Waals surface area (Å²) >= 11 is 2.91. The number of anilines is 1. The Hall–Kier alpha value is -2.26. The molecule has 2 aromatic heterocycles. The van der Waals surface area contributed by atoms with E-state index in [0.29, 0.717) is 17.8 Å². The molecule has 0 spiro atoms. The summed E-state index contributed by atoms with van der Waals surface area (Å²) in [6.45, 7) is 0. The number of nitrogens with one attached hydrogen (secondary N) is 1. The summed E-state index contributed by atoms with van der Waals surface area (Å²) in [7, 11) is 0. The van der Waals surface area contributed by atoms with Gasteiger partial charge >= 0.3 is 6.18 Å². The third-order valence-electron chi connectivity index (χ3n) is 3.18. The molecule has 0 bridgehead atoms. The first kappa shape index (κ1) is 17.6. The second kappa shape index (κ2) is 6.93. The number of rotatable bonds is 4. The monoisotopic (exact) mass is 386 g/mol. The highest BCUT2D eigenvalue weighted by Crippen LogP contribution is 2.33. The first-order valence-electron chi connectivity index (χ1n) is 6.98. The van der Waals surface area contributed by atoms with Gasteiger partial charge in [-0.1, -0.05) is 6.07 Å². The van der Waals surface area contributed by atoms with Gasteiger partial charge in [0.2, 0.25) is 5.91 Å². The number of alkyl halides is 3. The molecular formula is C16H10F4N2OS2. The maximum absolute atomic E-state index is 13.2. The van der Waals surface area contributed by atoms with Crippen LogP contribution < -0.4 is 5.32 Å². The minimum Gasteiger partial charge on any atom is -0.326 e. The third-order valence-corrected chi connectivity index (χ3v) is 5.11. The van der Waals surface area contributed by atoms with Gasteiger partial charge in [0.1, 0.15) is 10.8 Å². The molecule has 0 atom stereocenters. The average Bonchev–Trinajstić information content (AvgIpc) is 3.19. The highest BCUT2D eigenvalue weighted by molar-refractivity contribution is 7.20. The molecule has 1 N–H and O–H groups in total. The van der Waals surface area contributed by atoms with E-state index >= 15 is 0 Å². The molecule has 3 aromatic rings. The van der Waals surface area contributed by atoms with Crippen molar-refractivity contribution in [1.82, 2.24) is 4.98 Å². The van der Waals surface area contributed by atoms with E-state index in [2.05, 4.69) is 10.3 Å². The third kappa shape index (κ3) is 4.23. The van der Waals surface area contributed by atoms with Crippen LogP contribution in [-0.4, -0.2) is 10.9 Å². The van der Waals surface area contributed by atoms with Crippen molar-refractivity contribution in [3.63, 3.8) is 0 Å². The van der Waals surface area contributed by atoms with Crippen LogP contribution in [0.25, 0.3) is 9.88 Å². The van der Waals surface area contributed by atoms with E-state index in [1.165, 1.54) is 22.7 Å². The van der Waals surface area contributed by atoms with Crippen LogP contribution in [0.1, 0.15) is 11.3 Å². The van der Waals surface area contributed by atoms with Crippen molar-refractivity contribution in [2.45, 2.75) is 12.6 Å². The molecule has 9 heteroatoms. The van der Waals surface area contributed by atoms with Gasteiger partial charge in [0.15, 0.2) is 0 Å². The Balaban J connectivity index is 1.69. The largest absolute Gasteiger partial charge is 0.419 e. The van der Waals surface area contributed by atoms with Gasteiger partial charge in [0.05, 0.1) is 22.6 Å². The summed E-state index contributed by atoms with van der Waals surface area (Å²) in [6, 6.07) is 6.13. The molecule has 0 saturated carbocycles. The molecule has 3 nitrogen and oxygen atoms in total. The van der Waals surface area contributed by atoms with Crippen molar-refractivity contribution >= 4 is 34.3 Å². The van der Waals surface area contributed by atoms with Crippen molar-refractivity contribution in [1.29, 1.82) is 0 Å². The lowest BCUT2D eigenvalue weighted by Gasteiger charge is -2.10. The molecule has 0 unspecified atom stereocenters. The number of carbonyl (C=O) groups excluding carboxylic acids is 1. The number of aromatic nitrogens is 1.